The molecule has 0 aliphatic carbocycles. The van der Waals surface area contributed by atoms with Crippen molar-refractivity contribution in [2.24, 2.45) is 0 Å². The number of pyridine rings is 1. The van der Waals surface area contributed by atoms with E-state index < -0.39 is 0 Å². The van der Waals surface area contributed by atoms with Gasteiger partial charge in [0.05, 0.1) is 21.4 Å². The largest absolute Gasteiger partial charge is 0.256 e. The summed E-state index contributed by atoms with van der Waals surface area (Å²) in [6, 6.07) is 55.9. The van der Waals surface area contributed by atoms with Crippen LogP contribution in [0.3, 0.4) is 0 Å². The first-order valence-electron chi connectivity index (χ1n) is 16.4. The van der Waals surface area contributed by atoms with Crippen LogP contribution >= 0.6 is 11.3 Å². The molecule has 7 aromatic carbocycles. The number of rotatable bonds is 4. The maximum Gasteiger partial charge on any atom is 0.161 e. The van der Waals surface area contributed by atoms with Gasteiger partial charge in [0.25, 0.3) is 0 Å². The molecule has 0 N–H and O–H groups in total. The highest BCUT2D eigenvalue weighted by Crippen LogP contribution is 2.41. The van der Waals surface area contributed by atoms with Crippen molar-refractivity contribution >= 4 is 64.1 Å². The topological polar surface area (TPSA) is 38.7 Å². The molecule has 0 saturated heterocycles. The Morgan fingerprint density at radius 3 is 1.98 bits per heavy atom. The van der Waals surface area contributed by atoms with E-state index in [0.29, 0.717) is 0 Å². The minimum absolute atomic E-state index is 0.739. The lowest BCUT2D eigenvalue weighted by Gasteiger charge is -2.14. The molecular weight excluding hydrogens is 615 g/mol. The van der Waals surface area contributed by atoms with Crippen LogP contribution in [0.15, 0.2) is 164 Å². The zero-order chi connectivity index (χ0) is 32.3. The third-order valence-corrected chi connectivity index (χ3v) is 10.7. The van der Waals surface area contributed by atoms with Gasteiger partial charge >= 0.3 is 0 Å². The van der Waals surface area contributed by atoms with Crippen LogP contribution in [0.1, 0.15) is 0 Å². The molecule has 3 heterocycles. The predicted molar refractivity (Wildman–Crippen MR) is 207 cm³/mol. The Morgan fingerprint density at radius 1 is 0.429 bits per heavy atom. The fraction of sp³-hybridized carbons (Fsp3) is 0. The molecule has 10 aromatic rings. The van der Waals surface area contributed by atoms with Gasteiger partial charge in [0, 0.05) is 38.2 Å². The van der Waals surface area contributed by atoms with Crippen molar-refractivity contribution in [3.63, 3.8) is 0 Å². The Kier molecular flexibility index (Phi) is 6.36. The molecule has 10 rings (SSSR count). The summed E-state index contributed by atoms with van der Waals surface area (Å²) in [5.74, 6) is 0.739. The summed E-state index contributed by atoms with van der Waals surface area (Å²) in [4.78, 5) is 15.3. The van der Waals surface area contributed by atoms with E-state index in [0.717, 1.165) is 71.2 Å². The molecule has 0 saturated carbocycles. The van der Waals surface area contributed by atoms with Crippen LogP contribution in [0.25, 0.3) is 97.6 Å². The van der Waals surface area contributed by atoms with E-state index in [-0.39, 0.29) is 0 Å². The first kappa shape index (κ1) is 27.8. The SMILES string of the molecule is c1ccc(-c2nc(-c3ccc(-c4cccc(-c5ccc6c(c5)ncc5ccccc56)c4)c4ccccc34)nc3c2sc2ccccc23)cc1. The van der Waals surface area contributed by atoms with Gasteiger partial charge in [-0.1, -0.05) is 133 Å². The highest BCUT2D eigenvalue weighted by atomic mass is 32.1. The van der Waals surface area contributed by atoms with Crippen LogP contribution in [0.2, 0.25) is 0 Å². The first-order valence-corrected chi connectivity index (χ1v) is 17.3. The number of aromatic nitrogens is 3. The number of fused-ring (bicyclic) bond motifs is 7. The van der Waals surface area contributed by atoms with Gasteiger partial charge in [-0.15, -0.1) is 11.3 Å². The van der Waals surface area contributed by atoms with Crippen LogP contribution in [-0.2, 0) is 0 Å². The monoisotopic (exact) mass is 641 g/mol. The number of thiophene rings is 1. The third-order valence-electron chi connectivity index (χ3n) is 9.53. The number of nitrogens with zero attached hydrogens (tertiary/aromatic N) is 3. The molecule has 0 atom stereocenters. The molecule has 3 nitrogen and oxygen atoms in total. The minimum atomic E-state index is 0.739. The maximum absolute atomic E-state index is 5.28. The zero-order valence-electron chi connectivity index (χ0n) is 26.3. The molecule has 0 radical (unpaired) electrons. The highest BCUT2D eigenvalue weighted by Gasteiger charge is 2.18. The summed E-state index contributed by atoms with van der Waals surface area (Å²) < 4.78 is 2.34. The average Bonchev–Trinajstić information content (AvgIpc) is 3.56. The first-order chi connectivity index (χ1) is 24.3. The lowest BCUT2D eigenvalue weighted by molar-refractivity contribution is 1.24. The fourth-order valence-electron chi connectivity index (χ4n) is 7.15. The van der Waals surface area contributed by atoms with E-state index in [1.54, 1.807) is 11.3 Å². The van der Waals surface area contributed by atoms with Crippen LogP contribution in [0.5, 0.6) is 0 Å². The Labute approximate surface area is 286 Å². The smallest absolute Gasteiger partial charge is 0.161 e. The number of benzene rings is 7. The van der Waals surface area contributed by atoms with Crippen molar-refractivity contribution in [1.29, 1.82) is 0 Å². The standard InChI is InChI=1S/C45H27N3S/c1-2-11-28(12-3-1)42-44-43(39-19-8-9-20-41(39)49-44)48-45(47-42)38-24-23-34(35-17-6-7-18-36(35)38)31-15-10-14-29(25-31)30-21-22-37-33-16-5-4-13-32(33)27-46-40(37)26-30/h1-27H. The van der Waals surface area contributed by atoms with E-state index >= 15 is 0 Å². The second kappa shape index (κ2) is 11.2. The van der Waals surface area contributed by atoms with Crippen LogP contribution in [0, 0.1) is 0 Å². The van der Waals surface area contributed by atoms with E-state index in [9.17, 15) is 0 Å². The molecule has 0 aliphatic rings. The van der Waals surface area contributed by atoms with Crippen LogP contribution in [-0.4, -0.2) is 15.0 Å². The van der Waals surface area contributed by atoms with E-state index in [1.165, 1.54) is 26.4 Å². The number of hydrogen-bond donors (Lipinski definition) is 0. The molecular formula is C45H27N3S. The van der Waals surface area contributed by atoms with Crippen molar-refractivity contribution in [3.8, 4) is 44.9 Å². The Balaban J connectivity index is 1.12. The van der Waals surface area contributed by atoms with Gasteiger partial charge in [0.1, 0.15) is 0 Å². The van der Waals surface area contributed by atoms with Crippen LogP contribution < -0.4 is 0 Å². The van der Waals surface area contributed by atoms with Gasteiger partial charge in [-0.3, -0.25) is 4.98 Å². The van der Waals surface area contributed by atoms with Crippen molar-refractivity contribution in [2.75, 3.05) is 0 Å². The summed E-state index contributed by atoms with van der Waals surface area (Å²) in [6.45, 7) is 0. The van der Waals surface area contributed by atoms with Gasteiger partial charge < -0.3 is 0 Å². The van der Waals surface area contributed by atoms with E-state index in [1.807, 2.05) is 12.3 Å². The maximum atomic E-state index is 5.28. The summed E-state index contributed by atoms with van der Waals surface area (Å²) in [6.07, 6.45) is 1.97. The third kappa shape index (κ3) is 4.61. The van der Waals surface area contributed by atoms with Crippen molar-refractivity contribution in [1.82, 2.24) is 15.0 Å². The minimum Gasteiger partial charge on any atom is -0.256 e. The van der Waals surface area contributed by atoms with E-state index in [2.05, 4.69) is 152 Å². The van der Waals surface area contributed by atoms with Crippen molar-refractivity contribution in [2.45, 2.75) is 0 Å². The fourth-order valence-corrected chi connectivity index (χ4v) is 8.31. The predicted octanol–water partition coefficient (Wildman–Crippen LogP) is 12.4. The normalized spacial score (nSPS) is 11.7. The van der Waals surface area contributed by atoms with Gasteiger partial charge in [0.15, 0.2) is 5.82 Å². The number of hydrogen-bond acceptors (Lipinski definition) is 4. The molecule has 0 spiro atoms. The Bertz CT molecular complexity index is 2890. The lowest BCUT2D eigenvalue weighted by atomic mass is 9.92. The summed E-state index contributed by atoms with van der Waals surface area (Å²) in [7, 11) is 0. The molecule has 0 fully saturated rings. The molecule has 0 amide bonds. The van der Waals surface area contributed by atoms with E-state index in [4.69, 9.17) is 15.0 Å². The van der Waals surface area contributed by atoms with Crippen molar-refractivity contribution in [3.05, 3.63) is 164 Å². The zero-order valence-corrected chi connectivity index (χ0v) is 27.2. The molecule has 0 aliphatic heterocycles. The molecule has 228 valence electrons. The molecule has 0 unspecified atom stereocenters. The Hall–Kier alpha value is -6.23. The van der Waals surface area contributed by atoms with Gasteiger partial charge in [-0.2, -0.15) is 0 Å². The van der Waals surface area contributed by atoms with Crippen LogP contribution in [0.4, 0.5) is 0 Å². The van der Waals surface area contributed by atoms with Gasteiger partial charge in [-0.05, 0) is 62.7 Å². The van der Waals surface area contributed by atoms with Gasteiger partial charge in [0.2, 0.25) is 0 Å². The summed E-state index contributed by atoms with van der Waals surface area (Å²) in [5.41, 5.74) is 9.75. The van der Waals surface area contributed by atoms with Gasteiger partial charge in [-0.25, -0.2) is 9.97 Å². The second-order valence-electron chi connectivity index (χ2n) is 12.4. The molecule has 0 bridgehead atoms. The summed E-state index contributed by atoms with van der Waals surface area (Å²) >= 11 is 1.76. The second-order valence-corrected chi connectivity index (χ2v) is 13.5. The van der Waals surface area contributed by atoms with Crippen molar-refractivity contribution < 1.29 is 0 Å². The quantitative estimate of drug-likeness (QED) is 0.180. The Morgan fingerprint density at radius 2 is 1.10 bits per heavy atom. The molecule has 49 heavy (non-hydrogen) atoms. The lowest BCUT2D eigenvalue weighted by Crippen LogP contribution is -1.95. The summed E-state index contributed by atoms with van der Waals surface area (Å²) in [5, 5.41) is 7.02. The molecule has 3 aromatic heterocycles. The molecule has 4 heteroatoms. The average molecular weight is 642 g/mol. The highest BCUT2D eigenvalue weighted by molar-refractivity contribution is 7.26.